The van der Waals surface area contributed by atoms with Crippen LogP contribution in [0.4, 0.5) is 5.69 Å². The molecule has 1 heterocycles. The Hall–Kier alpha value is -3.86. The van der Waals surface area contributed by atoms with Gasteiger partial charge in [-0.1, -0.05) is 60.7 Å². The van der Waals surface area contributed by atoms with Crippen molar-refractivity contribution in [3.63, 3.8) is 0 Å². The van der Waals surface area contributed by atoms with Crippen LogP contribution < -0.4 is 10.6 Å². The standard InChI is InChI=1S/C25H23N3O2/c1-28-16-15-19-13-8-14-21(23(19)28)26-25(30)22(17-18-9-4-2-5-10-18)27-24(29)20-11-6-3-7-12-20/h2-16,22H,17H2,1H3,(H,26,30)(H,27,29). The summed E-state index contributed by atoms with van der Waals surface area (Å²) in [5, 5.41) is 6.96. The molecule has 0 fully saturated rings. The Balaban J connectivity index is 1.60. The third-order valence-electron chi connectivity index (χ3n) is 5.10. The highest BCUT2D eigenvalue weighted by Crippen LogP contribution is 2.24. The molecule has 4 rings (SSSR count). The summed E-state index contributed by atoms with van der Waals surface area (Å²) in [6, 6.07) is 25.7. The van der Waals surface area contributed by atoms with Crippen LogP contribution in [0.1, 0.15) is 15.9 Å². The van der Waals surface area contributed by atoms with Crippen molar-refractivity contribution in [3.8, 4) is 0 Å². The van der Waals surface area contributed by atoms with E-state index in [0.29, 0.717) is 12.0 Å². The number of carbonyl (C=O) groups is 2. The zero-order chi connectivity index (χ0) is 20.9. The lowest BCUT2D eigenvalue weighted by atomic mass is 10.0. The lowest BCUT2D eigenvalue weighted by Gasteiger charge is -2.19. The predicted octanol–water partition coefficient (Wildman–Crippen LogP) is 4.16. The van der Waals surface area contributed by atoms with E-state index >= 15 is 0 Å². The van der Waals surface area contributed by atoms with Crippen LogP contribution in [0.15, 0.2) is 91.1 Å². The van der Waals surface area contributed by atoms with Crippen molar-refractivity contribution in [2.24, 2.45) is 7.05 Å². The van der Waals surface area contributed by atoms with Gasteiger partial charge < -0.3 is 15.2 Å². The molecule has 5 nitrogen and oxygen atoms in total. The average molecular weight is 397 g/mol. The van der Waals surface area contributed by atoms with Gasteiger partial charge in [-0.05, 0) is 29.8 Å². The first-order valence-corrected chi connectivity index (χ1v) is 9.86. The summed E-state index contributed by atoms with van der Waals surface area (Å²) in [6.45, 7) is 0. The van der Waals surface area contributed by atoms with E-state index in [-0.39, 0.29) is 11.8 Å². The molecule has 0 saturated heterocycles. The number of nitrogens with zero attached hydrogens (tertiary/aromatic N) is 1. The first kappa shape index (κ1) is 19.5. The summed E-state index contributed by atoms with van der Waals surface area (Å²) in [7, 11) is 1.94. The molecule has 1 atom stereocenters. The van der Waals surface area contributed by atoms with Gasteiger partial charge in [-0.3, -0.25) is 9.59 Å². The summed E-state index contributed by atoms with van der Waals surface area (Å²) in [6.07, 6.45) is 2.35. The number of anilines is 1. The molecule has 2 N–H and O–H groups in total. The van der Waals surface area contributed by atoms with Gasteiger partial charge in [-0.2, -0.15) is 0 Å². The summed E-state index contributed by atoms with van der Waals surface area (Å²) in [5.41, 5.74) is 3.16. The van der Waals surface area contributed by atoms with Crippen LogP contribution >= 0.6 is 0 Å². The van der Waals surface area contributed by atoms with Crippen LogP contribution in [0.5, 0.6) is 0 Å². The molecule has 0 aliphatic heterocycles. The van der Waals surface area contributed by atoms with Crippen LogP contribution in [0.3, 0.4) is 0 Å². The number of benzene rings is 3. The molecule has 30 heavy (non-hydrogen) atoms. The van der Waals surface area contributed by atoms with Crippen molar-refractivity contribution in [2.75, 3.05) is 5.32 Å². The maximum absolute atomic E-state index is 13.2. The normalized spacial score (nSPS) is 11.8. The fourth-order valence-electron chi connectivity index (χ4n) is 3.57. The Bertz CT molecular complexity index is 1170. The van der Waals surface area contributed by atoms with Gasteiger partial charge in [0.15, 0.2) is 0 Å². The van der Waals surface area contributed by atoms with Crippen molar-refractivity contribution in [1.82, 2.24) is 9.88 Å². The molecule has 2 amide bonds. The predicted molar refractivity (Wildman–Crippen MR) is 119 cm³/mol. The second kappa shape index (κ2) is 8.66. The summed E-state index contributed by atoms with van der Waals surface area (Å²) >= 11 is 0. The minimum atomic E-state index is -0.712. The van der Waals surface area contributed by atoms with Crippen LogP contribution in [0.25, 0.3) is 10.9 Å². The van der Waals surface area contributed by atoms with Crippen molar-refractivity contribution >= 4 is 28.4 Å². The molecule has 1 unspecified atom stereocenters. The van der Waals surface area contributed by atoms with Gasteiger partial charge in [-0.15, -0.1) is 0 Å². The number of nitrogens with one attached hydrogen (secondary N) is 2. The second-order valence-corrected chi connectivity index (χ2v) is 7.24. The zero-order valence-corrected chi connectivity index (χ0v) is 16.7. The Labute approximate surface area is 175 Å². The molecule has 3 aromatic carbocycles. The quantitative estimate of drug-likeness (QED) is 0.513. The Morgan fingerprint density at radius 3 is 2.30 bits per heavy atom. The molecule has 0 spiro atoms. The zero-order valence-electron chi connectivity index (χ0n) is 16.7. The fourth-order valence-corrected chi connectivity index (χ4v) is 3.57. The molecule has 0 saturated carbocycles. The van der Waals surface area contributed by atoms with Gasteiger partial charge in [0.25, 0.3) is 5.91 Å². The highest BCUT2D eigenvalue weighted by atomic mass is 16.2. The second-order valence-electron chi connectivity index (χ2n) is 7.24. The molecule has 5 heteroatoms. The van der Waals surface area contributed by atoms with Crippen molar-refractivity contribution in [2.45, 2.75) is 12.5 Å². The smallest absolute Gasteiger partial charge is 0.251 e. The molecule has 0 radical (unpaired) electrons. The van der Waals surface area contributed by atoms with E-state index < -0.39 is 6.04 Å². The van der Waals surface area contributed by atoms with Gasteiger partial charge in [-0.25, -0.2) is 0 Å². The molecule has 1 aromatic heterocycles. The average Bonchev–Trinajstić information content (AvgIpc) is 3.16. The highest BCUT2D eigenvalue weighted by Gasteiger charge is 2.23. The van der Waals surface area contributed by atoms with E-state index in [2.05, 4.69) is 10.6 Å². The number of para-hydroxylation sites is 1. The fraction of sp³-hybridized carbons (Fsp3) is 0.120. The number of fused-ring (bicyclic) bond motifs is 1. The lowest BCUT2D eigenvalue weighted by Crippen LogP contribution is -2.45. The van der Waals surface area contributed by atoms with Gasteiger partial charge in [0.1, 0.15) is 6.04 Å². The lowest BCUT2D eigenvalue weighted by molar-refractivity contribution is -0.118. The molecule has 0 aliphatic rings. The van der Waals surface area contributed by atoms with Crippen LogP contribution in [0, 0.1) is 0 Å². The van der Waals surface area contributed by atoms with Gasteiger partial charge >= 0.3 is 0 Å². The molecule has 4 aromatic rings. The third kappa shape index (κ3) is 4.25. The molecular weight excluding hydrogens is 374 g/mol. The Morgan fingerprint density at radius 2 is 1.57 bits per heavy atom. The van der Waals surface area contributed by atoms with E-state index in [0.717, 1.165) is 22.2 Å². The van der Waals surface area contributed by atoms with Crippen molar-refractivity contribution in [1.29, 1.82) is 0 Å². The van der Waals surface area contributed by atoms with Crippen LogP contribution in [-0.2, 0) is 18.3 Å². The van der Waals surface area contributed by atoms with E-state index in [1.807, 2.05) is 78.5 Å². The van der Waals surface area contributed by atoms with Gasteiger partial charge in [0, 0.05) is 30.6 Å². The Kier molecular flexibility index (Phi) is 5.61. The number of rotatable bonds is 6. The Morgan fingerprint density at radius 1 is 0.867 bits per heavy atom. The van der Waals surface area contributed by atoms with Gasteiger partial charge in [0.05, 0.1) is 11.2 Å². The number of aryl methyl sites for hydroxylation is 1. The summed E-state index contributed by atoms with van der Waals surface area (Å²) in [4.78, 5) is 26.0. The first-order chi connectivity index (χ1) is 14.6. The highest BCUT2D eigenvalue weighted by molar-refractivity contribution is 6.05. The third-order valence-corrected chi connectivity index (χ3v) is 5.10. The maximum atomic E-state index is 13.2. The van der Waals surface area contributed by atoms with E-state index in [1.54, 1.807) is 24.3 Å². The topological polar surface area (TPSA) is 63.1 Å². The number of hydrogen-bond acceptors (Lipinski definition) is 2. The van der Waals surface area contributed by atoms with E-state index in [1.165, 1.54) is 0 Å². The first-order valence-electron chi connectivity index (χ1n) is 9.86. The van der Waals surface area contributed by atoms with Gasteiger partial charge in [0.2, 0.25) is 5.91 Å². The molecular formula is C25H23N3O2. The number of carbonyl (C=O) groups excluding carboxylic acids is 2. The maximum Gasteiger partial charge on any atom is 0.251 e. The largest absolute Gasteiger partial charge is 0.349 e. The molecule has 0 aliphatic carbocycles. The molecule has 150 valence electrons. The summed E-state index contributed by atoms with van der Waals surface area (Å²) in [5.74, 6) is -0.527. The van der Waals surface area contributed by atoms with Crippen LogP contribution in [0.2, 0.25) is 0 Å². The number of aromatic nitrogens is 1. The van der Waals surface area contributed by atoms with E-state index in [4.69, 9.17) is 0 Å². The SMILES string of the molecule is Cn1ccc2cccc(NC(=O)C(Cc3ccccc3)NC(=O)c3ccccc3)c21. The van der Waals surface area contributed by atoms with E-state index in [9.17, 15) is 9.59 Å². The number of amides is 2. The van der Waals surface area contributed by atoms with Crippen LogP contribution in [-0.4, -0.2) is 22.4 Å². The number of hydrogen-bond donors (Lipinski definition) is 2. The molecule has 0 bridgehead atoms. The summed E-state index contributed by atoms with van der Waals surface area (Å²) < 4.78 is 1.97. The minimum absolute atomic E-state index is 0.253. The minimum Gasteiger partial charge on any atom is -0.349 e. The monoisotopic (exact) mass is 397 g/mol. The van der Waals surface area contributed by atoms with Crippen molar-refractivity contribution in [3.05, 3.63) is 102 Å². The van der Waals surface area contributed by atoms with Crippen molar-refractivity contribution < 1.29 is 9.59 Å².